The lowest BCUT2D eigenvalue weighted by atomic mass is 9.40. The molecule has 1 aromatic rings. The molecule has 4 aliphatic carbocycles. The number of fused-ring (bicyclic) bond motifs is 5. The van der Waals surface area contributed by atoms with Gasteiger partial charge in [0.2, 0.25) is 0 Å². The molecule has 1 N–H and O–H groups in total. The highest BCUT2D eigenvalue weighted by atomic mass is 16.3. The van der Waals surface area contributed by atoms with Crippen LogP contribution in [0.2, 0.25) is 0 Å². The fourth-order valence-corrected chi connectivity index (χ4v) is 8.26. The SMILES string of the molecule is C[C@@]1(O)CC[C@@H]2C3CC[C@]4(C)CC(CC(=O)Cn5cccn5)C4C3CC[C@@H]2C1. The number of aromatic nitrogens is 2. The summed E-state index contributed by atoms with van der Waals surface area (Å²) in [6.07, 6.45) is 14.2. The topological polar surface area (TPSA) is 55.1 Å². The highest BCUT2D eigenvalue weighted by Crippen LogP contribution is 2.67. The molecule has 4 aliphatic rings. The van der Waals surface area contributed by atoms with Gasteiger partial charge in [-0.25, -0.2) is 0 Å². The summed E-state index contributed by atoms with van der Waals surface area (Å²) in [6, 6.07) is 1.89. The van der Waals surface area contributed by atoms with E-state index in [4.69, 9.17) is 0 Å². The number of ketones is 1. The third-order valence-electron chi connectivity index (χ3n) is 9.23. The van der Waals surface area contributed by atoms with Gasteiger partial charge in [-0.1, -0.05) is 6.92 Å². The number of rotatable bonds is 4. The molecule has 8 atom stereocenters. The zero-order chi connectivity index (χ0) is 19.5. The van der Waals surface area contributed by atoms with Crippen molar-refractivity contribution in [2.75, 3.05) is 0 Å². The highest BCUT2D eigenvalue weighted by Gasteiger charge is 2.60. The second-order valence-corrected chi connectivity index (χ2v) is 11.2. The van der Waals surface area contributed by atoms with Crippen LogP contribution >= 0.6 is 0 Å². The Hall–Kier alpha value is -1.16. The molecule has 4 saturated carbocycles. The second-order valence-electron chi connectivity index (χ2n) is 11.2. The van der Waals surface area contributed by atoms with Crippen LogP contribution in [-0.2, 0) is 11.3 Å². The number of aliphatic hydroxyl groups is 1. The molecular formula is C24H36N2O2. The van der Waals surface area contributed by atoms with Gasteiger partial charge < -0.3 is 5.11 Å². The summed E-state index contributed by atoms with van der Waals surface area (Å²) in [6.45, 7) is 4.97. The van der Waals surface area contributed by atoms with Crippen LogP contribution in [0.3, 0.4) is 0 Å². The van der Waals surface area contributed by atoms with Gasteiger partial charge in [-0.05, 0) is 105 Å². The van der Waals surface area contributed by atoms with Crippen molar-refractivity contribution in [1.29, 1.82) is 0 Å². The number of carbonyl (C=O) groups excluding carboxylic acids is 1. The number of carbonyl (C=O) groups is 1. The zero-order valence-corrected chi connectivity index (χ0v) is 17.5. The lowest BCUT2D eigenvalue weighted by Crippen LogP contribution is -2.58. The van der Waals surface area contributed by atoms with Crippen LogP contribution in [0.4, 0.5) is 0 Å². The van der Waals surface area contributed by atoms with Gasteiger partial charge in [-0.2, -0.15) is 5.10 Å². The van der Waals surface area contributed by atoms with Gasteiger partial charge >= 0.3 is 0 Å². The monoisotopic (exact) mass is 384 g/mol. The van der Waals surface area contributed by atoms with Gasteiger partial charge in [0, 0.05) is 18.8 Å². The van der Waals surface area contributed by atoms with Crippen LogP contribution in [0.5, 0.6) is 0 Å². The maximum Gasteiger partial charge on any atom is 0.154 e. The number of hydrogen-bond donors (Lipinski definition) is 1. The summed E-state index contributed by atoms with van der Waals surface area (Å²) >= 11 is 0. The predicted octanol–water partition coefficient (Wildman–Crippen LogP) is 4.47. The molecule has 0 aliphatic heterocycles. The van der Waals surface area contributed by atoms with E-state index in [0.29, 0.717) is 23.7 Å². The van der Waals surface area contributed by atoms with Gasteiger partial charge in [-0.15, -0.1) is 0 Å². The van der Waals surface area contributed by atoms with Gasteiger partial charge in [0.05, 0.1) is 12.1 Å². The van der Waals surface area contributed by atoms with Crippen molar-refractivity contribution in [3.05, 3.63) is 18.5 Å². The average molecular weight is 385 g/mol. The maximum atomic E-state index is 12.7. The van der Waals surface area contributed by atoms with Crippen molar-refractivity contribution in [3.8, 4) is 0 Å². The Morgan fingerprint density at radius 3 is 2.71 bits per heavy atom. The Morgan fingerprint density at radius 1 is 1.11 bits per heavy atom. The van der Waals surface area contributed by atoms with Gasteiger partial charge in [-0.3, -0.25) is 9.48 Å². The molecule has 1 heterocycles. The number of hydrogen-bond acceptors (Lipinski definition) is 3. The number of Topliss-reactive ketones (excluding diaryl/α,β-unsaturated/α-hetero) is 1. The van der Waals surface area contributed by atoms with E-state index in [1.54, 1.807) is 10.9 Å². The number of nitrogens with zero attached hydrogens (tertiary/aromatic N) is 2. The standard InChI is InChI=1S/C24H36N2O2/c1-23-8-6-20-19-7-9-24(2,28)14-16(19)4-5-21(20)22(23)17(13-23)12-18(27)15-26-11-3-10-25-26/h3,10-11,16-17,19-22,28H,4-9,12-15H2,1-2H3/t16-,17?,19+,20?,21?,22?,23-,24-/m1/s1. The Kier molecular flexibility index (Phi) is 4.50. The summed E-state index contributed by atoms with van der Waals surface area (Å²) in [4.78, 5) is 12.7. The van der Waals surface area contributed by atoms with Crippen LogP contribution in [-0.4, -0.2) is 26.3 Å². The van der Waals surface area contributed by atoms with E-state index in [-0.39, 0.29) is 0 Å². The molecule has 4 unspecified atom stereocenters. The molecular weight excluding hydrogens is 348 g/mol. The van der Waals surface area contributed by atoms with E-state index in [0.717, 1.165) is 48.9 Å². The summed E-state index contributed by atoms with van der Waals surface area (Å²) in [5.74, 6) is 4.90. The van der Waals surface area contributed by atoms with Crippen LogP contribution < -0.4 is 0 Å². The molecule has 0 spiro atoms. The van der Waals surface area contributed by atoms with E-state index in [2.05, 4.69) is 12.0 Å². The molecule has 28 heavy (non-hydrogen) atoms. The van der Waals surface area contributed by atoms with Crippen LogP contribution in [0, 0.1) is 40.9 Å². The van der Waals surface area contributed by atoms with Crippen LogP contribution in [0.25, 0.3) is 0 Å². The van der Waals surface area contributed by atoms with Crippen molar-refractivity contribution < 1.29 is 9.90 Å². The van der Waals surface area contributed by atoms with E-state index in [1.165, 1.54) is 38.5 Å². The Labute approximate surface area is 169 Å². The Bertz CT molecular complexity index is 727. The highest BCUT2D eigenvalue weighted by molar-refractivity contribution is 5.78. The summed E-state index contributed by atoms with van der Waals surface area (Å²) in [5.41, 5.74) is 0.0416. The van der Waals surface area contributed by atoms with Gasteiger partial charge in [0.15, 0.2) is 5.78 Å². The lowest BCUT2D eigenvalue weighted by Gasteiger charge is -2.65. The summed E-state index contributed by atoms with van der Waals surface area (Å²) in [7, 11) is 0. The largest absolute Gasteiger partial charge is 0.390 e. The predicted molar refractivity (Wildman–Crippen MR) is 108 cm³/mol. The van der Waals surface area contributed by atoms with Crippen molar-refractivity contribution >= 4 is 5.78 Å². The van der Waals surface area contributed by atoms with E-state index < -0.39 is 5.60 Å². The zero-order valence-electron chi connectivity index (χ0n) is 17.5. The van der Waals surface area contributed by atoms with Gasteiger partial charge in [0.25, 0.3) is 0 Å². The molecule has 0 amide bonds. The smallest absolute Gasteiger partial charge is 0.154 e. The van der Waals surface area contributed by atoms with E-state index >= 15 is 0 Å². The molecule has 0 bridgehead atoms. The first-order valence-electron chi connectivity index (χ1n) is 11.6. The molecule has 1 aromatic heterocycles. The molecule has 0 radical (unpaired) electrons. The Balaban J connectivity index is 1.27. The minimum atomic E-state index is -0.435. The molecule has 4 heteroatoms. The molecule has 0 saturated heterocycles. The first kappa shape index (κ1) is 18.8. The first-order valence-corrected chi connectivity index (χ1v) is 11.6. The normalized spacial score (nSPS) is 47.4. The third-order valence-corrected chi connectivity index (χ3v) is 9.23. The molecule has 0 aromatic carbocycles. The van der Waals surface area contributed by atoms with Crippen LogP contribution in [0.1, 0.15) is 71.6 Å². The molecule has 4 nitrogen and oxygen atoms in total. The van der Waals surface area contributed by atoms with Crippen molar-refractivity contribution in [3.63, 3.8) is 0 Å². The molecule has 4 fully saturated rings. The fraction of sp³-hybridized carbons (Fsp3) is 0.833. The third kappa shape index (κ3) is 3.16. The van der Waals surface area contributed by atoms with Crippen LogP contribution in [0.15, 0.2) is 18.5 Å². The van der Waals surface area contributed by atoms with Crippen molar-refractivity contribution in [1.82, 2.24) is 9.78 Å². The Morgan fingerprint density at radius 2 is 1.93 bits per heavy atom. The van der Waals surface area contributed by atoms with Gasteiger partial charge in [0.1, 0.15) is 0 Å². The summed E-state index contributed by atoms with van der Waals surface area (Å²) in [5, 5.41) is 14.8. The maximum absolute atomic E-state index is 12.7. The molecule has 5 rings (SSSR count). The van der Waals surface area contributed by atoms with E-state index in [9.17, 15) is 9.90 Å². The molecule has 154 valence electrons. The summed E-state index contributed by atoms with van der Waals surface area (Å²) < 4.78 is 1.77. The average Bonchev–Trinajstić information content (AvgIpc) is 3.11. The van der Waals surface area contributed by atoms with E-state index in [1.807, 2.05) is 19.2 Å². The minimum Gasteiger partial charge on any atom is -0.390 e. The minimum absolute atomic E-state index is 0.347. The quantitative estimate of drug-likeness (QED) is 0.833. The first-order chi connectivity index (χ1) is 13.3. The van der Waals surface area contributed by atoms with Crippen molar-refractivity contribution in [2.24, 2.45) is 40.9 Å². The second kappa shape index (κ2) is 6.68. The fourth-order valence-electron chi connectivity index (χ4n) is 8.26. The van der Waals surface area contributed by atoms with Crippen molar-refractivity contribution in [2.45, 2.75) is 83.8 Å². The lowest BCUT2D eigenvalue weighted by molar-refractivity contribution is -0.170.